The number of hydrogen-bond acceptors (Lipinski definition) is 4. The largest absolute Gasteiger partial charge is 0.247 e. The molecule has 13 rings (SSSR count). The van der Waals surface area contributed by atoms with Crippen molar-refractivity contribution in [2.24, 2.45) is 0 Å². The van der Waals surface area contributed by atoms with Gasteiger partial charge in [0.15, 0.2) is 5.82 Å². The molecule has 0 aliphatic carbocycles. The van der Waals surface area contributed by atoms with Gasteiger partial charge in [-0.05, 0) is 78.8 Å². The zero-order chi connectivity index (χ0) is 44.3. The van der Waals surface area contributed by atoms with Crippen LogP contribution in [0.15, 0.2) is 237 Å². The van der Waals surface area contributed by atoms with Gasteiger partial charge >= 0.3 is 0 Å². The van der Waals surface area contributed by atoms with Gasteiger partial charge in [-0.3, -0.25) is 0 Å². The van der Waals surface area contributed by atoms with Crippen molar-refractivity contribution in [1.29, 1.82) is 0 Å². The summed E-state index contributed by atoms with van der Waals surface area (Å²) in [6.45, 7) is 0. The molecule has 10 aromatic carbocycles. The van der Waals surface area contributed by atoms with Gasteiger partial charge in [-0.25, -0.2) is 15.0 Å². The van der Waals surface area contributed by atoms with Gasteiger partial charge in [0.2, 0.25) is 0 Å². The maximum Gasteiger partial charge on any atom is 0.160 e. The van der Waals surface area contributed by atoms with Crippen LogP contribution in [0, 0.1) is 0 Å². The van der Waals surface area contributed by atoms with Crippen molar-refractivity contribution in [3.63, 3.8) is 0 Å². The molecular weight excluding hydrogens is 831 g/mol. The van der Waals surface area contributed by atoms with Gasteiger partial charge in [0.1, 0.15) is 0 Å². The predicted molar refractivity (Wildman–Crippen MR) is 283 cm³/mol. The number of rotatable bonds is 7. The molecule has 0 saturated heterocycles. The van der Waals surface area contributed by atoms with E-state index in [1.54, 1.807) is 0 Å². The molecule has 0 aliphatic heterocycles. The van der Waals surface area contributed by atoms with E-state index in [9.17, 15) is 0 Å². The molecule has 312 valence electrons. The Kier molecular flexibility index (Phi) is 9.36. The number of aromatic nitrogens is 3. The third kappa shape index (κ3) is 6.77. The number of hydrogen-bond donors (Lipinski definition) is 0. The fourth-order valence-corrected chi connectivity index (χ4v) is 11.2. The fourth-order valence-electron chi connectivity index (χ4n) is 9.87. The molecule has 0 radical (unpaired) electrons. The zero-order valence-corrected chi connectivity index (χ0v) is 37.1. The number of benzene rings is 10. The van der Waals surface area contributed by atoms with Crippen LogP contribution in [0.3, 0.4) is 0 Å². The summed E-state index contributed by atoms with van der Waals surface area (Å²) in [6.07, 6.45) is 0. The summed E-state index contributed by atoms with van der Waals surface area (Å²) in [5.74, 6) is 0.693. The lowest BCUT2D eigenvalue weighted by molar-refractivity contribution is 1.18. The molecule has 13 aromatic rings. The van der Waals surface area contributed by atoms with Crippen LogP contribution in [0.1, 0.15) is 0 Å². The van der Waals surface area contributed by atoms with Crippen LogP contribution < -0.4 is 0 Å². The minimum absolute atomic E-state index is 0.693. The Labute approximate surface area is 392 Å². The summed E-state index contributed by atoms with van der Waals surface area (Å²) in [4.78, 5) is 17.0. The SMILES string of the molecule is c1ccc(-c2cccc(-c3cc(-c4ccc(-c5sc6c(c(-c7ccccc7)nc7ccccc76)c5-c5ccc6c7ccccc7c7ccccc7c6c5)cc4)nc(-c4ccccc4)n3)c2)cc1. The first kappa shape index (κ1) is 38.9. The first-order valence-electron chi connectivity index (χ1n) is 22.7. The monoisotopic (exact) mass is 869 g/mol. The normalized spacial score (nSPS) is 11.6. The molecule has 0 unspecified atom stereocenters. The Bertz CT molecular complexity index is 3980. The van der Waals surface area contributed by atoms with Crippen molar-refractivity contribution in [3.8, 4) is 77.9 Å². The summed E-state index contributed by atoms with van der Waals surface area (Å²) >= 11 is 1.86. The second-order valence-corrected chi connectivity index (χ2v) is 18.1. The number of fused-ring (bicyclic) bond motifs is 9. The highest BCUT2D eigenvalue weighted by Crippen LogP contribution is 2.51. The van der Waals surface area contributed by atoms with Crippen LogP contribution in [0.2, 0.25) is 0 Å². The fraction of sp³-hybridized carbons (Fsp3) is 0. The van der Waals surface area contributed by atoms with E-state index >= 15 is 0 Å². The van der Waals surface area contributed by atoms with Crippen LogP contribution >= 0.6 is 11.3 Å². The minimum atomic E-state index is 0.693. The van der Waals surface area contributed by atoms with Gasteiger partial charge in [-0.15, -0.1) is 11.3 Å². The summed E-state index contributed by atoms with van der Waals surface area (Å²) in [5, 5.41) is 9.87. The molecule has 0 aliphatic rings. The van der Waals surface area contributed by atoms with Gasteiger partial charge in [-0.1, -0.05) is 212 Å². The van der Waals surface area contributed by atoms with Gasteiger partial charge in [0, 0.05) is 48.2 Å². The molecule has 67 heavy (non-hydrogen) atoms. The summed E-state index contributed by atoms with van der Waals surface area (Å²) < 4.78 is 1.23. The third-order valence-electron chi connectivity index (χ3n) is 13.1. The number of pyridine rings is 1. The summed E-state index contributed by atoms with van der Waals surface area (Å²) in [5.41, 5.74) is 13.7. The maximum absolute atomic E-state index is 5.46. The number of para-hydroxylation sites is 1. The van der Waals surface area contributed by atoms with Crippen molar-refractivity contribution >= 4 is 64.6 Å². The van der Waals surface area contributed by atoms with Gasteiger partial charge in [-0.2, -0.15) is 0 Å². The average Bonchev–Trinajstić information content (AvgIpc) is 3.82. The Morgan fingerprint density at radius 3 is 1.45 bits per heavy atom. The maximum atomic E-state index is 5.46. The molecular formula is C63H39N3S. The molecule has 0 bridgehead atoms. The highest BCUT2D eigenvalue weighted by Gasteiger charge is 2.24. The van der Waals surface area contributed by atoms with E-state index in [4.69, 9.17) is 15.0 Å². The summed E-state index contributed by atoms with van der Waals surface area (Å²) in [7, 11) is 0. The smallest absolute Gasteiger partial charge is 0.160 e. The molecule has 0 fully saturated rings. The predicted octanol–water partition coefficient (Wildman–Crippen LogP) is 17.4. The average molecular weight is 870 g/mol. The van der Waals surface area contributed by atoms with Crippen LogP contribution in [-0.4, -0.2) is 15.0 Å². The summed E-state index contributed by atoms with van der Waals surface area (Å²) in [6, 6.07) is 84.5. The van der Waals surface area contributed by atoms with Gasteiger partial charge in [0.05, 0.1) is 22.6 Å². The molecule has 0 spiro atoms. The first-order chi connectivity index (χ1) is 33.2. The zero-order valence-electron chi connectivity index (χ0n) is 36.3. The Morgan fingerprint density at radius 1 is 0.284 bits per heavy atom. The number of nitrogens with zero attached hydrogens (tertiary/aromatic N) is 3. The quantitative estimate of drug-likeness (QED) is 0.150. The van der Waals surface area contributed by atoms with E-state index in [-0.39, 0.29) is 0 Å². The van der Waals surface area contributed by atoms with Crippen molar-refractivity contribution < 1.29 is 0 Å². The van der Waals surface area contributed by atoms with E-state index in [0.717, 1.165) is 61.4 Å². The molecule has 3 aromatic heterocycles. The Morgan fingerprint density at radius 2 is 0.776 bits per heavy atom. The van der Waals surface area contributed by atoms with E-state index in [2.05, 4.69) is 218 Å². The molecule has 3 heterocycles. The number of thiophene rings is 1. The van der Waals surface area contributed by atoms with Crippen molar-refractivity contribution in [1.82, 2.24) is 15.0 Å². The molecule has 3 nitrogen and oxygen atoms in total. The van der Waals surface area contributed by atoms with Crippen molar-refractivity contribution in [2.45, 2.75) is 0 Å². The van der Waals surface area contributed by atoms with E-state index in [0.29, 0.717) is 5.82 Å². The molecule has 0 amide bonds. The van der Waals surface area contributed by atoms with E-state index in [1.807, 2.05) is 29.5 Å². The van der Waals surface area contributed by atoms with Crippen molar-refractivity contribution in [2.75, 3.05) is 0 Å². The first-order valence-corrected chi connectivity index (χ1v) is 23.5. The lowest BCUT2D eigenvalue weighted by Crippen LogP contribution is -1.96. The highest BCUT2D eigenvalue weighted by molar-refractivity contribution is 7.24. The second-order valence-electron chi connectivity index (χ2n) is 17.1. The molecule has 0 N–H and O–H groups in total. The second kappa shape index (κ2) is 16.1. The van der Waals surface area contributed by atoms with E-state index in [1.165, 1.54) is 64.0 Å². The van der Waals surface area contributed by atoms with Crippen LogP contribution in [0.4, 0.5) is 0 Å². The molecule has 0 atom stereocenters. The van der Waals surface area contributed by atoms with Gasteiger partial charge in [0.25, 0.3) is 0 Å². The van der Waals surface area contributed by atoms with Crippen molar-refractivity contribution in [3.05, 3.63) is 237 Å². The Hall–Kier alpha value is -8.57. The molecule has 4 heteroatoms. The topological polar surface area (TPSA) is 38.7 Å². The van der Waals surface area contributed by atoms with Crippen LogP contribution in [-0.2, 0) is 0 Å². The highest BCUT2D eigenvalue weighted by atomic mass is 32.1. The van der Waals surface area contributed by atoms with Gasteiger partial charge < -0.3 is 0 Å². The third-order valence-corrected chi connectivity index (χ3v) is 14.3. The van der Waals surface area contributed by atoms with Crippen LogP contribution in [0.25, 0.3) is 131 Å². The van der Waals surface area contributed by atoms with Crippen LogP contribution in [0.5, 0.6) is 0 Å². The minimum Gasteiger partial charge on any atom is -0.247 e. The lowest BCUT2D eigenvalue weighted by Gasteiger charge is -2.14. The Balaban J connectivity index is 1.02. The standard InChI is InChI=1S/C63H39N3S/c1-4-17-40(18-5-1)45-23-16-24-46(37-45)57-39-56(65-63(66-57)44-21-8-3-9-22-44)41-31-33-43(34-32-41)61-58(59-60(42-19-6-2-7-20-42)64-55-30-15-14-29-53(55)62(59)67-61)47-35-36-52-50-27-11-10-25-48(50)49-26-12-13-28-51(49)54(52)38-47/h1-39H. The molecule has 0 saturated carbocycles. The lowest BCUT2D eigenvalue weighted by atomic mass is 9.90. The van der Waals surface area contributed by atoms with E-state index < -0.39 is 0 Å².